The third kappa shape index (κ3) is 2.78. The molecule has 5 rings (SSSR count). The highest BCUT2D eigenvalue weighted by atomic mass is 15.4. The van der Waals surface area contributed by atoms with Crippen LogP contribution in [0.1, 0.15) is 54.8 Å². The Labute approximate surface area is 152 Å². The normalized spacial score (nSPS) is 19.1. The number of hydrogen-bond donors (Lipinski definition) is 0. The van der Waals surface area contributed by atoms with Crippen LogP contribution in [0.4, 0.5) is 0 Å². The van der Waals surface area contributed by atoms with Crippen LogP contribution in [0.3, 0.4) is 0 Å². The maximum Gasteiger partial charge on any atom is 0.177 e. The van der Waals surface area contributed by atoms with E-state index in [1.807, 2.05) is 23.6 Å². The monoisotopic (exact) mass is 352 g/mol. The number of nitrogens with zero attached hydrogens (tertiary/aromatic N) is 8. The molecule has 0 spiro atoms. The van der Waals surface area contributed by atoms with Crippen LogP contribution in [0, 0.1) is 6.92 Å². The number of piperidine rings is 1. The number of fused-ring (bicyclic) bond motifs is 2. The quantitative estimate of drug-likeness (QED) is 0.715. The maximum absolute atomic E-state index is 4.60. The molecule has 8 nitrogen and oxygen atoms in total. The molecule has 1 fully saturated rings. The van der Waals surface area contributed by atoms with Crippen LogP contribution in [0.15, 0.2) is 12.1 Å². The van der Waals surface area contributed by atoms with Gasteiger partial charge in [0.2, 0.25) is 0 Å². The van der Waals surface area contributed by atoms with E-state index in [4.69, 9.17) is 0 Å². The van der Waals surface area contributed by atoms with Gasteiger partial charge in [-0.15, -0.1) is 20.4 Å². The lowest BCUT2D eigenvalue weighted by atomic mass is 9.96. The van der Waals surface area contributed by atoms with Gasteiger partial charge in [0.25, 0.3) is 0 Å². The summed E-state index contributed by atoms with van der Waals surface area (Å²) < 4.78 is 4.25. The summed E-state index contributed by atoms with van der Waals surface area (Å²) in [5.74, 6) is 3.71. The van der Waals surface area contributed by atoms with Crippen molar-refractivity contribution >= 4 is 5.65 Å². The largest absolute Gasteiger partial charge is 0.314 e. The van der Waals surface area contributed by atoms with Gasteiger partial charge in [0.05, 0.1) is 12.2 Å². The van der Waals surface area contributed by atoms with Crippen LogP contribution >= 0.6 is 0 Å². The number of hydrogen-bond acceptors (Lipinski definition) is 6. The summed E-state index contributed by atoms with van der Waals surface area (Å²) in [6, 6.07) is 3.97. The number of rotatable bonds is 3. The van der Waals surface area contributed by atoms with Crippen LogP contribution in [0.25, 0.3) is 5.65 Å². The van der Waals surface area contributed by atoms with Crippen molar-refractivity contribution in [3.8, 4) is 0 Å². The second kappa shape index (κ2) is 6.42. The molecule has 0 bridgehead atoms. The first-order valence-corrected chi connectivity index (χ1v) is 9.60. The molecular formula is C18H24N8. The van der Waals surface area contributed by atoms with Crippen molar-refractivity contribution in [3.63, 3.8) is 0 Å². The topological polar surface area (TPSA) is 77.0 Å². The number of aryl methyl sites for hydroxylation is 2. The third-order valence-electron chi connectivity index (χ3n) is 5.67. The highest BCUT2D eigenvalue weighted by Crippen LogP contribution is 2.27. The van der Waals surface area contributed by atoms with E-state index in [1.165, 1.54) is 12.8 Å². The van der Waals surface area contributed by atoms with Gasteiger partial charge in [-0.05, 0) is 57.8 Å². The Morgan fingerprint density at radius 3 is 2.77 bits per heavy atom. The molecule has 2 aliphatic heterocycles. The molecule has 0 unspecified atom stereocenters. The van der Waals surface area contributed by atoms with Gasteiger partial charge in [-0.2, -0.15) is 9.61 Å². The molecule has 1 saturated heterocycles. The van der Waals surface area contributed by atoms with E-state index in [1.54, 1.807) is 0 Å². The van der Waals surface area contributed by atoms with Gasteiger partial charge in [0, 0.05) is 18.9 Å². The lowest BCUT2D eigenvalue weighted by molar-refractivity contribution is 0.193. The van der Waals surface area contributed by atoms with Crippen molar-refractivity contribution in [1.29, 1.82) is 0 Å². The molecule has 0 saturated carbocycles. The van der Waals surface area contributed by atoms with Gasteiger partial charge < -0.3 is 4.57 Å². The van der Waals surface area contributed by atoms with E-state index >= 15 is 0 Å². The molecule has 0 amide bonds. The van der Waals surface area contributed by atoms with Crippen LogP contribution in [0.2, 0.25) is 0 Å². The minimum absolute atomic E-state index is 0.419. The molecule has 0 aromatic carbocycles. The molecule has 5 heterocycles. The second-order valence-electron chi connectivity index (χ2n) is 7.49. The molecule has 8 heteroatoms. The summed E-state index contributed by atoms with van der Waals surface area (Å²) in [7, 11) is 0. The SMILES string of the molecule is Cc1ccc2nnc(C3CCN(Cc4nnc5n4CCCC5)CC3)n2n1. The summed E-state index contributed by atoms with van der Waals surface area (Å²) in [6.07, 6.45) is 5.71. The first-order chi connectivity index (χ1) is 12.8. The fraction of sp³-hybridized carbons (Fsp3) is 0.611. The summed E-state index contributed by atoms with van der Waals surface area (Å²) >= 11 is 0. The van der Waals surface area contributed by atoms with Crippen molar-refractivity contribution in [3.05, 3.63) is 35.3 Å². The number of aromatic nitrogens is 7. The Bertz CT molecular complexity index is 919. The van der Waals surface area contributed by atoms with E-state index in [0.717, 1.165) is 74.3 Å². The van der Waals surface area contributed by atoms with Gasteiger partial charge in [-0.3, -0.25) is 4.90 Å². The average Bonchev–Trinajstić information content (AvgIpc) is 3.27. The highest BCUT2D eigenvalue weighted by molar-refractivity contribution is 5.36. The predicted octanol–water partition coefficient (Wildman–Crippen LogP) is 1.74. The van der Waals surface area contributed by atoms with Gasteiger partial charge in [0.1, 0.15) is 11.6 Å². The fourth-order valence-corrected chi connectivity index (χ4v) is 4.19. The summed E-state index contributed by atoms with van der Waals surface area (Å²) in [5, 5.41) is 22.1. The average molecular weight is 352 g/mol. The van der Waals surface area contributed by atoms with E-state index in [0.29, 0.717) is 5.92 Å². The smallest absolute Gasteiger partial charge is 0.177 e. The van der Waals surface area contributed by atoms with Crippen LogP contribution < -0.4 is 0 Å². The molecule has 0 atom stereocenters. The Hall–Kier alpha value is -2.35. The summed E-state index contributed by atoms with van der Waals surface area (Å²) in [4.78, 5) is 2.49. The first-order valence-electron chi connectivity index (χ1n) is 9.60. The second-order valence-corrected chi connectivity index (χ2v) is 7.49. The molecule has 136 valence electrons. The number of likely N-dealkylation sites (tertiary alicyclic amines) is 1. The molecule has 0 N–H and O–H groups in total. The van der Waals surface area contributed by atoms with Crippen molar-refractivity contribution in [1.82, 2.24) is 39.5 Å². The van der Waals surface area contributed by atoms with E-state index in [2.05, 4.69) is 35.0 Å². The molecule has 3 aromatic rings. The minimum Gasteiger partial charge on any atom is -0.314 e. The van der Waals surface area contributed by atoms with Gasteiger partial charge in [-0.1, -0.05) is 0 Å². The zero-order chi connectivity index (χ0) is 17.5. The van der Waals surface area contributed by atoms with Gasteiger partial charge in [-0.25, -0.2) is 0 Å². The molecule has 0 aliphatic carbocycles. The zero-order valence-corrected chi connectivity index (χ0v) is 15.2. The Balaban J connectivity index is 1.27. The van der Waals surface area contributed by atoms with Crippen molar-refractivity contribution in [2.75, 3.05) is 13.1 Å². The predicted molar refractivity (Wildman–Crippen MR) is 95.7 cm³/mol. The zero-order valence-electron chi connectivity index (χ0n) is 15.2. The summed E-state index contributed by atoms with van der Waals surface area (Å²) in [6.45, 7) is 6.08. The highest BCUT2D eigenvalue weighted by Gasteiger charge is 2.26. The fourth-order valence-electron chi connectivity index (χ4n) is 4.19. The van der Waals surface area contributed by atoms with E-state index < -0.39 is 0 Å². The van der Waals surface area contributed by atoms with Crippen LogP contribution in [-0.2, 0) is 19.5 Å². The van der Waals surface area contributed by atoms with Crippen LogP contribution in [0.5, 0.6) is 0 Å². The maximum atomic E-state index is 4.60. The van der Waals surface area contributed by atoms with E-state index in [-0.39, 0.29) is 0 Å². The standard InChI is InChI=1S/C18H24N8/c1-13-5-6-16-20-22-18(26(16)23-13)14-7-10-24(11-8-14)12-17-21-19-15-4-2-3-9-25(15)17/h5-6,14H,2-4,7-12H2,1H3. The minimum atomic E-state index is 0.419. The first kappa shape index (κ1) is 15.9. The lowest BCUT2D eigenvalue weighted by Gasteiger charge is -2.30. The molecule has 3 aromatic heterocycles. The Kier molecular flexibility index (Phi) is 3.92. The Morgan fingerprint density at radius 1 is 1.00 bits per heavy atom. The van der Waals surface area contributed by atoms with Gasteiger partial charge >= 0.3 is 0 Å². The molecule has 0 radical (unpaired) electrons. The molecule has 26 heavy (non-hydrogen) atoms. The molecular weight excluding hydrogens is 328 g/mol. The summed E-state index contributed by atoms with van der Waals surface area (Å²) in [5.41, 5.74) is 1.83. The lowest BCUT2D eigenvalue weighted by Crippen LogP contribution is -2.34. The Morgan fingerprint density at radius 2 is 1.88 bits per heavy atom. The van der Waals surface area contributed by atoms with Crippen molar-refractivity contribution in [2.45, 2.75) is 58.0 Å². The third-order valence-corrected chi connectivity index (χ3v) is 5.67. The van der Waals surface area contributed by atoms with Crippen LogP contribution in [-0.4, -0.2) is 52.6 Å². The van der Waals surface area contributed by atoms with Gasteiger partial charge in [0.15, 0.2) is 11.5 Å². The van der Waals surface area contributed by atoms with Crippen molar-refractivity contribution in [2.24, 2.45) is 0 Å². The van der Waals surface area contributed by atoms with Crippen molar-refractivity contribution < 1.29 is 0 Å². The van der Waals surface area contributed by atoms with E-state index in [9.17, 15) is 0 Å². The molecule has 2 aliphatic rings.